The predicted molar refractivity (Wildman–Crippen MR) is 45.9 cm³/mol. The van der Waals surface area contributed by atoms with Crippen LogP contribution in [0.2, 0.25) is 0 Å². The van der Waals surface area contributed by atoms with E-state index in [9.17, 15) is 9.59 Å². The standard InChI is InChI=1S/C8H15NO4/c1-8(2,3)6(10)12-4-5-13-7(9)11/h4-5H2,1-3H3,(H2,9,11). The molecule has 5 heteroatoms. The van der Waals surface area contributed by atoms with Gasteiger partial charge in [-0.2, -0.15) is 0 Å². The van der Waals surface area contributed by atoms with Crippen LogP contribution in [0.4, 0.5) is 4.79 Å². The first kappa shape index (κ1) is 11.7. The third-order valence-corrected chi connectivity index (χ3v) is 1.17. The predicted octanol–water partition coefficient (Wildman–Crippen LogP) is 0.671. The Labute approximate surface area is 77.2 Å². The zero-order chi connectivity index (χ0) is 10.5. The van der Waals surface area contributed by atoms with E-state index in [0.29, 0.717) is 0 Å². The molecule has 0 aliphatic carbocycles. The molecule has 1 amide bonds. The average Bonchev–Trinajstić information content (AvgIpc) is 1.95. The van der Waals surface area contributed by atoms with E-state index in [-0.39, 0.29) is 19.2 Å². The lowest BCUT2D eigenvalue weighted by Crippen LogP contribution is -2.25. The summed E-state index contributed by atoms with van der Waals surface area (Å²) in [7, 11) is 0. The highest BCUT2D eigenvalue weighted by molar-refractivity contribution is 5.75. The Kier molecular flexibility index (Phi) is 4.23. The number of rotatable bonds is 3. The molecule has 0 rings (SSSR count). The van der Waals surface area contributed by atoms with Crippen LogP contribution in [0.5, 0.6) is 0 Å². The first-order valence-corrected chi connectivity index (χ1v) is 3.93. The van der Waals surface area contributed by atoms with Gasteiger partial charge in [-0.25, -0.2) is 4.79 Å². The highest BCUT2D eigenvalue weighted by atomic mass is 16.6. The van der Waals surface area contributed by atoms with Crippen molar-refractivity contribution in [1.29, 1.82) is 0 Å². The van der Waals surface area contributed by atoms with Gasteiger partial charge in [-0.05, 0) is 20.8 Å². The summed E-state index contributed by atoms with van der Waals surface area (Å²) in [5, 5.41) is 0. The molecule has 0 aromatic carbocycles. The molecule has 0 saturated carbocycles. The molecule has 0 aliphatic heterocycles. The number of primary amides is 1. The Bertz CT molecular complexity index is 195. The lowest BCUT2D eigenvalue weighted by Gasteiger charge is -2.16. The molecule has 0 aromatic heterocycles. The van der Waals surface area contributed by atoms with E-state index in [0.717, 1.165) is 0 Å². The minimum Gasteiger partial charge on any atom is -0.462 e. The van der Waals surface area contributed by atoms with Crippen molar-refractivity contribution < 1.29 is 19.1 Å². The molecular formula is C8H15NO4. The van der Waals surface area contributed by atoms with Crippen molar-refractivity contribution in [3.05, 3.63) is 0 Å². The smallest absolute Gasteiger partial charge is 0.404 e. The quantitative estimate of drug-likeness (QED) is 0.522. The van der Waals surface area contributed by atoms with Crippen LogP contribution < -0.4 is 5.73 Å². The highest BCUT2D eigenvalue weighted by Gasteiger charge is 2.22. The van der Waals surface area contributed by atoms with Gasteiger partial charge in [-0.3, -0.25) is 4.79 Å². The summed E-state index contributed by atoms with van der Waals surface area (Å²) in [6.45, 7) is 5.26. The van der Waals surface area contributed by atoms with Gasteiger partial charge in [0.15, 0.2) is 0 Å². The number of carbonyl (C=O) groups is 2. The minimum atomic E-state index is -0.869. The molecule has 0 aromatic rings. The van der Waals surface area contributed by atoms with Crippen LogP contribution >= 0.6 is 0 Å². The first-order valence-electron chi connectivity index (χ1n) is 3.93. The van der Waals surface area contributed by atoms with E-state index in [2.05, 4.69) is 4.74 Å². The summed E-state index contributed by atoms with van der Waals surface area (Å²) in [4.78, 5) is 21.2. The molecule has 0 heterocycles. The zero-order valence-electron chi connectivity index (χ0n) is 8.12. The van der Waals surface area contributed by atoms with Crippen LogP contribution in [0.1, 0.15) is 20.8 Å². The van der Waals surface area contributed by atoms with Crippen molar-refractivity contribution in [3.63, 3.8) is 0 Å². The molecule has 2 N–H and O–H groups in total. The monoisotopic (exact) mass is 189 g/mol. The Morgan fingerprint density at radius 2 is 1.62 bits per heavy atom. The van der Waals surface area contributed by atoms with Crippen LogP contribution in [0.25, 0.3) is 0 Å². The number of carbonyl (C=O) groups excluding carboxylic acids is 2. The topological polar surface area (TPSA) is 78.6 Å². The van der Waals surface area contributed by atoms with E-state index < -0.39 is 11.5 Å². The van der Waals surface area contributed by atoms with E-state index in [1.165, 1.54) is 0 Å². The number of nitrogens with two attached hydrogens (primary N) is 1. The fraction of sp³-hybridized carbons (Fsp3) is 0.750. The number of amides is 1. The van der Waals surface area contributed by atoms with Crippen molar-refractivity contribution in [3.8, 4) is 0 Å². The largest absolute Gasteiger partial charge is 0.462 e. The Morgan fingerprint density at radius 1 is 1.15 bits per heavy atom. The van der Waals surface area contributed by atoms with Crippen molar-refractivity contribution in [2.24, 2.45) is 11.1 Å². The second-order valence-corrected chi connectivity index (χ2v) is 3.55. The maximum atomic E-state index is 11.1. The number of esters is 1. The number of hydrogen-bond donors (Lipinski definition) is 1. The molecule has 0 radical (unpaired) electrons. The van der Waals surface area contributed by atoms with Gasteiger partial charge in [-0.15, -0.1) is 0 Å². The molecule has 5 nitrogen and oxygen atoms in total. The molecule has 0 spiro atoms. The molecule has 0 bridgehead atoms. The highest BCUT2D eigenvalue weighted by Crippen LogP contribution is 2.14. The third kappa shape index (κ3) is 5.95. The summed E-state index contributed by atoms with van der Waals surface area (Å²) >= 11 is 0. The van der Waals surface area contributed by atoms with Crippen LogP contribution in [-0.4, -0.2) is 25.3 Å². The molecule has 13 heavy (non-hydrogen) atoms. The van der Waals surface area contributed by atoms with Gasteiger partial charge < -0.3 is 15.2 Å². The van der Waals surface area contributed by atoms with Crippen molar-refractivity contribution in [2.75, 3.05) is 13.2 Å². The van der Waals surface area contributed by atoms with E-state index in [1.807, 2.05) is 0 Å². The number of ether oxygens (including phenoxy) is 2. The lowest BCUT2D eigenvalue weighted by molar-refractivity contribution is -0.153. The van der Waals surface area contributed by atoms with Crippen LogP contribution in [0.3, 0.4) is 0 Å². The minimum absolute atomic E-state index is 0.00282. The van der Waals surface area contributed by atoms with E-state index in [4.69, 9.17) is 10.5 Å². The van der Waals surface area contributed by atoms with E-state index in [1.54, 1.807) is 20.8 Å². The SMILES string of the molecule is CC(C)(C)C(=O)OCCOC(N)=O. The summed E-state index contributed by atoms with van der Waals surface area (Å²) < 4.78 is 9.15. The van der Waals surface area contributed by atoms with E-state index >= 15 is 0 Å². The van der Waals surface area contributed by atoms with Gasteiger partial charge in [-0.1, -0.05) is 0 Å². The van der Waals surface area contributed by atoms with Crippen molar-refractivity contribution in [2.45, 2.75) is 20.8 Å². The summed E-state index contributed by atoms with van der Waals surface area (Å²) in [6, 6.07) is 0. The number of hydrogen-bond acceptors (Lipinski definition) is 4. The molecule has 0 fully saturated rings. The second-order valence-electron chi connectivity index (χ2n) is 3.55. The second kappa shape index (κ2) is 4.69. The molecular weight excluding hydrogens is 174 g/mol. The maximum absolute atomic E-state index is 11.1. The molecule has 0 saturated heterocycles. The fourth-order valence-corrected chi connectivity index (χ4v) is 0.493. The first-order chi connectivity index (χ1) is 5.84. The van der Waals surface area contributed by atoms with Gasteiger partial charge in [0.25, 0.3) is 0 Å². The van der Waals surface area contributed by atoms with Gasteiger partial charge >= 0.3 is 12.1 Å². The summed E-state index contributed by atoms with van der Waals surface area (Å²) in [5.41, 5.74) is 4.16. The van der Waals surface area contributed by atoms with Gasteiger partial charge in [0.05, 0.1) is 5.41 Å². The van der Waals surface area contributed by atoms with Crippen molar-refractivity contribution >= 4 is 12.1 Å². The average molecular weight is 189 g/mol. The molecule has 0 atom stereocenters. The third-order valence-electron chi connectivity index (χ3n) is 1.17. The van der Waals surface area contributed by atoms with Crippen LogP contribution in [0.15, 0.2) is 0 Å². The summed E-state index contributed by atoms with van der Waals surface area (Å²) in [5.74, 6) is -0.333. The molecule has 0 aliphatic rings. The summed E-state index contributed by atoms with van der Waals surface area (Å²) in [6.07, 6.45) is -0.869. The zero-order valence-corrected chi connectivity index (χ0v) is 8.12. The fourth-order valence-electron chi connectivity index (χ4n) is 0.493. The molecule has 76 valence electrons. The molecule has 0 unspecified atom stereocenters. The Hall–Kier alpha value is -1.26. The van der Waals surface area contributed by atoms with Crippen molar-refractivity contribution in [1.82, 2.24) is 0 Å². The van der Waals surface area contributed by atoms with Gasteiger partial charge in [0.1, 0.15) is 13.2 Å². The lowest BCUT2D eigenvalue weighted by atomic mass is 9.97. The maximum Gasteiger partial charge on any atom is 0.404 e. The Balaban J connectivity index is 3.55. The van der Waals surface area contributed by atoms with Gasteiger partial charge in [0, 0.05) is 0 Å². The van der Waals surface area contributed by atoms with Crippen LogP contribution in [-0.2, 0) is 14.3 Å². The van der Waals surface area contributed by atoms with Gasteiger partial charge in [0.2, 0.25) is 0 Å². The Morgan fingerprint density at radius 3 is 2.00 bits per heavy atom. The normalized spacial score (nSPS) is 10.7. The van der Waals surface area contributed by atoms with Crippen LogP contribution in [0, 0.1) is 5.41 Å².